The molecule has 0 spiro atoms. The molecule has 3 rings (SSSR count). The van der Waals surface area contributed by atoms with Crippen LogP contribution in [0.25, 0.3) is 0 Å². The van der Waals surface area contributed by atoms with Crippen LogP contribution in [0.4, 0.5) is 0 Å². The lowest BCUT2D eigenvalue weighted by molar-refractivity contribution is -0.205. The van der Waals surface area contributed by atoms with E-state index in [1.807, 2.05) is 30.3 Å². The Bertz CT molecular complexity index is 776. The molecular formula is C21H22O6. The van der Waals surface area contributed by atoms with Crippen molar-refractivity contribution in [3.05, 3.63) is 83.9 Å². The van der Waals surface area contributed by atoms with Gasteiger partial charge >= 0.3 is 5.97 Å². The molecule has 2 aromatic carbocycles. The number of aliphatic hydroxyl groups is 3. The van der Waals surface area contributed by atoms with E-state index in [0.717, 1.165) is 5.56 Å². The molecule has 0 saturated carbocycles. The average molecular weight is 370 g/mol. The van der Waals surface area contributed by atoms with Gasteiger partial charge in [-0.2, -0.15) is 0 Å². The van der Waals surface area contributed by atoms with Crippen molar-refractivity contribution in [3.63, 3.8) is 0 Å². The van der Waals surface area contributed by atoms with Crippen LogP contribution in [0.3, 0.4) is 0 Å². The van der Waals surface area contributed by atoms with Crippen molar-refractivity contribution in [1.82, 2.24) is 0 Å². The predicted molar refractivity (Wildman–Crippen MR) is 97.8 cm³/mol. The van der Waals surface area contributed by atoms with Crippen LogP contribution in [0, 0.1) is 0 Å². The molecular weight excluding hydrogens is 348 g/mol. The summed E-state index contributed by atoms with van der Waals surface area (Å²) in [6, 6.07) is 17.7. The van der Waals surface area contributed by atoms with E-state index in [1.165, 1.54) is 12.2 Å². The van der Waals surface area contributed by atoms with Crippen molar-refractivity contribution < 1.29 is 29.6 Å². The summed E-state index contributed by atoms with van der Waals surface area (Å²) in [6.07, 6.45) is -0.709. The van der Waals surface area contributed by atoms with Crippen molar-refractivity contribution in [2.75, 3.05) is 6.61 Å². The van der Waals surface area contributed by atoms with Crippen molar-refractivity contribution in [1.29, 1.82) is 0 Å². The quantitative estimate of drug-likeness (QED) is 0.526. The molecule has 0 aliphatic heterocycles. The third-order valence-corrected chi connectivity index (χ3v) is 4.56. The van der Waals surface area contributed by atoms with Crippen LogP contribution in [-0.4, -0.2) is 51.8 Å². The molecule has 0 amide bonds. The lowest BCUT2D eigenvalue weighted by Gasteiger charge is -2.42. The highest BCUT2D eigenvalue weighted by atomic mass is 16.6. The summed E-state index contributed by atoms with van der Waals surface area (Å²) in [7, 11) is 0. The zero-order valence-corrected chi connectivity index (χ0v) is 14.6. The first-order chi connectivity index (χ1) is 13.0. The molecule has 1 aliphatic carbocycles. The van der Waals surface area contributed by atoms with Crippen molar-refractivity contribution in [2.24, 2.45) is 0 Å². The largest absolute Gasteiger partial charge is 0.452 e. The van der Waals surface area contributed by atoms with E-state index in [-0.39, 0.29) is 6.61 Å². The van der Waals surface area contributed by atoms with Crippen LogP contribution >= 0.6 is 0 Å². The van der Waals surface area contributed by atoms with Crippen molar-refractivity contribution >= 4 is 5.97 Å². The second kappa shape index (κ2) is 8.45. The lowest BCUT2D eigenvalue weighted by Crippen LogP contribution is -2.62. The van der Waals surface area contributed by atoms with Crippen molar-refractivity contribution in [2.45, 2.75) is 30.5 Å². The van der Waals surface area contributed by atoms with Gasteiger partial charge in [0.1, 0.15) is 23.9 Å². The highest BCUT2D eigenvalue weighted by Crippen LogP contribution is 2.30. The fourth-order valence-electron chi connectivity index (χ4n) is 2.98. The fourth-order valence-corrected chi connectivity index (χ4v) is 2.98. The van der Waals surface area contributed by atoms with Gasteiger partial charge in [-0.3, -0.25) is 0 Å². The molecule has 27 heavy (non-hydrogen) atoms. The Kier molecular flexibility index (Phi) is 6.03. The fraction of sp³-hybridized carbons (Fsp3) is 0.286. The monoisotopic (exact) mass is 370 g/mol. The SMILES string of the molecule is O=C(O[C@H]1C=C[C@@H](O)[C@@](O)(CO)[C@@H]1OCc1ccccc1)c1ccccc1. The molecule has 0 unspecified atom stereocenters. The first-order valence-corrected chi connectivity index (χ1v) is 8.66. The maximum absolute atomic E-state index is 12.4. The molecule has 1 aliphatic rings. The van der Waals surface area contributed by atoms with Gasteiger partial charge in [-0.1, -0.05) is 54.6 Å². The topological polar surface area (TPSA) is 96.2 Å². The Morgan fingerprint density at radius 3 is 2.26 bits per heavy atom. The summed E-state index contributed by atoms with van der Waals surface area (Å²) in [5.74, 6) is -0.588. The standard InChI is InChI=1S/C21H22O6/c22-14-21(25)18(23)12-11-17(27-20(24)16-9-5-2-6-10-16)19(21)26-13-15-7-3-1-4-8-15/h1-12,17-19,22-23,25H,13-14H2/t17-,18+,19+,21-/m0/s1. The molecule has 3 N–H and O–H groups in total. The number of hydrogen-bond acceptors (Lipinski definition) is 6. The van der Waals surface area contributed by atoms with E-state index in [1.54, 1.807) is 30.3 Å². The maximum Gasteiger partial charge on any atom is 0.338 e. The van der Waals surface area contributed by atoms with Gasteiger partial charge < -0.3 is 24.8 Å². The average Bonchev–Trinajstić information content (AvgIpc) is 2.71. The maximum atomic E-state index is 12.4. The number of carbonyl (C=O) groups is 1. The zero-order chi connectivity index (χ0) is 19.3. The minimum Gasteiger partial charge on any atom is -0.452 e. The molecule has 6 nitrogen and oxygen atoms in total. The number of rotatable bonds is 6. The van der Waals surface area contributed by atoms with Crippen molar-refractivity contribution in [3.8, 4) is 0 Å². The van der Waals surface area contributed by atoms with Gasteiger partial charge in [-0.25, -0.2) is 4.79 Å². The Morgan fingerprint density at radius 1 is 1.00 bits per heavy atom. The Hall–Kier alpha value is -2.51. The Labute approximate surface area is 157 Å². The number of hydrogen-bond donors (Lipinski definition) is 3. The molecule has 0 bridgehead atoms. The number of aliphatic hydroxyl groups excluding tert-OH is 2. The lowest BCUT2D eigenvalue weighted by atomic mass is 9.82. The second-order valence-corrected chi connectivity index (χ2v) is 6.43. The Morgan fingerprint density at radius 2 is 1.63 bits per heavy atom. The summed E-state index contributed by atoms with van der Waals surface area (Å²) >= 11 is 0. The highest BCUT2D eigenvalue weighted by molar-refractivity contribution is 5.89. The van der Waals surface area contributed by atoms with Gasteiger partial charge in [-0.15, -0.1) is 0 Å². The first kappa shape index (κ1) is 19.3. The van der Waals surface area contributed by atoms with Gasteiger partial charge in [0.25, 0.3) is 0 Å². The summed E-state index contributed by atoms with van der Waals surface area (Å²) < 4.78 is 11.3. The molecule has 2 aromatic rings. The molecule has 0 fully saturated rings. The van der Waals surface area contributed by atoms with E-state index in [4.69, 9.17) is 9.47 Å². The molecule has 0 radical (unpaired) electrons. The first-order valence-electron chi connectivity index (χ1n) is 8.66. The molecule has 0 aromatic heterocycles. The summed E-state index contributed by atoms with van der Waals surface area (Å²) in [5, 5.41) is 30.6. The van der Waals surface area contributed by atoms with E-state index >= 15 is 0 Å². The third kappa shape index (κ3) is 4.26. The molecule has 0 saturated heterocycles. The van der Waals surface area contributed by atoms with Crippen LogP contribution in [0.15, 0.2) is 72.8 Å². The van der Waals surface area contributed by atoms with Crippen LogP contribution in [0.2, 0.25) is 0 Å². The zero-order valence-electron chi connectivity index (χ0n) is 14.6. The van der Waals surface area contributed by atoms with Gasteiger partial charge in [0.2, 0.25) is 0 Å². The van der Waals surface area contributed by atoms with Gasteiger partial charge in [0.15, 0.2) is 0 Å². The van der Waals surface area contributed by atoms with E-state index in [9.17, 15) is 20.1 Å². The number of ether oxygens (including phenoxy) is 2. The van der Waals surface area contributed by atoms with Gasteiger partial charge in [0, 0.05) is 0 Å². The number of benzene rings is 2. The normalized spacial score (nSPS) is 27.3. The highest BCUT2D eigenvalue weighted by Gasteiger charge is 2.50. The second-order valence-electron chi connectivity index (χ2n) is 6.43. The number of carbonyl (C=O) groups excluding carboxylic acids is 1. The Balaban J connectivity index is 1.80. The number of esters is 1. The van der Waals surface area contributed by atoms with Crippen LogP contribution in [0.1, 0.15) is 15.9 Å². The summed E-state index contributed by atoms with van der Waals surface area (Å²) in [6.45, 7) is -0.634. The van der Waals surface area contributed by atoms with E-state index in [0.29, 0.717) is 5.56 Å². The van der Waals surface area contributed by atoms with Crippen LogP contribution in [0.5, 0.6) is 0 Å². The van der Waals surface area contributed by atoms with E-state index in [2.05, 4.69) is 0 Å². The molecule has 6 heteroatoms. The van der Waals surface area contributed by atoms with Gasteiger partial charge in [-0.05, 0) is 23.8 Å². The molecule has 142 valence electrons. The predicted octanol–water partition coefficient (Wildman–Crippen LogP) is 1.45. The smallest absolute Gasteiger partial charge is 0.338 e. The van der Waals surface area contributed by atoms with Gasteiger partial charge in [0.05, 0.1) is 18.8 Å². The summed E-state index contributed by atoms with van der Waals surface area (Å²) in [4.78, 5) is 12.4. The summed E-state index contributed by atoms with van der Waals surface area (Å²) in [5.41, 5.74) is -0.799. The molecule has 4 atom stereocenters. The van der Waals surface area contributed by atoms with Crippen LogP contribution in [-0.2, 0) is 16.1 Å². The van der Waals surface area contributed by atoms with E-state index < -0.39 is 36.5 Å². The third-order valence-electron chi connectivity index (χ3n) is 4.56. The minimum absolute atomic E-state index is 0.119. The minimum atomic E-state index is -1.99. The molecule has 0 heterocycles. The van der Waals surface area contributed by atoms with Crippen LogP contribution < -0.4 is 0 Å².